The minimum absolute atomic E-state index is 0.00861. The van der Waals surface area contributed by atoms with Gasteiger partial charge in [0, 0.05) is 12.4 Å². The van der Waals surface area contributed by atoms with E-state index in [1.807, 2.05) is 27.0 Å². The molecule has 2 N–H and O–H groups in total. The molecule has 0 atom stereocenters. The fraction of sp³-hybridized carbons (Fsp3) is 0.417. The van der Waals surface area contributed by atoms with Gasteiger partial charge in [0.25, 0.3) is 5.56 Å². The fourth-order valence-electron chi connectivity index (χ4n) is 4.30. The van der Waals surface area contributed by atoms with Crippen LogP contribution in [0.3, 0.4) is 0 Å². The number of halogens is 1. The summed E-state index contributed by atoms with van der Waals surface area (Å²) < 4.78 is 1.56. The predicted octanol–water partition coefficient (Wildman–Crippen LogP) is 3.58. The lowest BCUT2D eigenvalue weighted by Gasteiger charge is -2.29. The first-order chi connectivity index (χ1) is 15.3. The number of hydrogen-bond acceptors (Lipinski definition) is 6. The highest BCUT2D eigenvalue weighted by molar-refractivity contribution is 6.32. The van der Waals surface area contributed by atoms with E-state index in [9.17, 15) is 4.79 Å². The Balaban J connectivity index is 1.79. The molecule has 3 aromatic rings. The summed E-state index contributed by atoms with van der Waals surface area (Å²) in [5, 5.41) is 0.00861. The second kappa shape index (κ2) is 9.00. The molecule has 0 unspecified atom stereocenters. The number of aromatic nitrogens is 4. The third-order valence-corrected chi connectivity index (χ3v) is 6.50. The molecule has 1 saturated heterocycles. The van der Waals surface area contributed by atoms with Gasteiger partial charge in [-0.3, -0.25) is 19.2 Å². The van der Waals surface area contributed by atoms with Crippen LogP contribution in [0.1, 0.15) is 59.6 Å². The summed E-state index contributed by atoms with van der Waals surface area (Å²) in [5.74, 6) is 0.428. The Morgan fingerprint density at radius 3 is 2.69 bits per heavy atom. The number of piperidine rings is 1. The smallest absolute Gasteiger partial charge is 0.277 e. The van der Waals surface area contributed by atoms with Gasteiger partial charge in [-0.2, -0.15) is 0 Å². The monoisotopic (exact) mass is 452 g/mol. The van der Waals surface area contributed by atoms with Gasteiger partial charge in [-0.25, -0.2) is 4.98 Å². The summed E-state index contributed by atoms with van der Waals surface area (Å²) in [5.41, 5.74) is 11.6. The average Bonchev–Trinajstić information content (AvgIpc) is 2.78. The topological polar surface area (TPSA) is 89.4 Å². The predicted molar refractivity (Wildman–Crippen MR) is 129 cm³/mol. The molecule has 4 rings (SSSR count). The van der Waals surface area contributed by atoms with Crippen LogP contribution in [0.2, 0.25) is 5.02 Å². The zero-order valence-corrected chi connectivity index (χ0v) is 19.8. The second-order valence-corrected chi connectivity index (χ2v) is 8.98. The molecule has 7 nitrogen and oxygen atoms in total. The molecular weight excluding hydrogens is 424 g/mol. The van der Waals surface area contributed by atoms with Crippen LogP contribution in [0.5, 0.6) is 0 Å². The molecule has 0 bridgehead atoms. The van der Waals surface area contributed by atoms with Gasteiger partial charge in [0.2, 0.25) is 0 Å². The van der Waals surface area contributed by atoms with E-state index in [0.717, 1.165) is 48.4 Å². The largest absolute Gasteiger partial charge is 0.397 e. The molecule has 0 radical (unpaired) electrons. The summed E-state index contributed by atoms with van der Waals surface area (Å²) >= 11 is 6.48. The molecule has 0 saturated carbocycles. The van der Waals surface area contributed by atoms with Crippen molar-refractivity contribution in [3.63, 3.8) is 0 Å². The SMILES string of the molecule is CCc1nc(C)cnc1C=C(N)c1nc2c(C)cc(C3CCN(C)CC3)cn2c(=O)c1Cl. The first kappa shape index (κ1) is 22.4. The van der Waals surface area contributed by atoms with E-state index >= 15 is 0 Å². The molecule has 3 aromatic heterocycles. The number of fused-ring (bicyclic) bond motifs is 1. The number of likely N-dealkylation sites (tertiary alicyclic amines) is 1. The summed E-state index contributed by atoms with van der Waals surface area (Å²) in [7, 11) is 2.14. The summed E-state index contributed by atoms with van der Waals surface area (Å²) in [6.45, 7) is 7.98. The van der Waals surface area contributed by atoms with E-state index < -0.39 is 0 Å². The van der Waals surface area contributed by atoms with E-state index in [2.05, 4.69) is 33.0 Å². The maximum atomic E-state index is 13.2. The minimum atomic E-state index is -0.313. The normalized spacial score (nSPS) is 16.1. The lowest BCUT2D eigenvalue weighted by Crippen LogP contribution is -2.29. The Morgan fingerprint density at radius 1 is 1.28 bits per heavy atom. The van der Waals surface area contributed by atoms with Crippen LogP contribution in [0.25, 0.3) is 17.4 Å². The van der Waals surface area contributed by atoms with Crippen molar-refractivity contribution in [2.45, 2.75) is 46.0 Å². The van der Waals surface area contributed by atoms with Gasteiger partial charge in [0.15, 0.2) is 0 Å². The Bertz CT molecular complexity index is 1260. The van der Waals surface area contributed by atoms with Gasteiger partial charge < -0.3 is 10.6 Å². The van der Waals surface area contributed by atoms with Crippen molar-refractivity contribution >= 4 is 29.0 Å². The van der Waals surface area contributed by atoms with Crippen LogP contribution in [0.15, 0.2) is 23.3 Å². The number of nitrogens with two attached hydrogens (primary N) is 1. The fourth-order valence-corrected chi connectivity index (χ4v) is 4.54. The maximum Gasteiger partial charge on any atom is 0.277 e. The molecule has 1 aliphatic heterocycles. The van der Waals surface area contributed by atoms with E-state index in [1.165, 1.54) is 0 Å². The van der Waals surface area contributed by atoms with Gasteiger partial charge in [-0.15, -0.1) is 0 Å². The molecule has 0 amide bonds. The molecule has 32 heavy (non-hydrogen) atoms. The zero-order chi connectivity index (χ0) is 23.0. The molecular formula is C24H29ClN6O. The Kier molecular flexibility index (Phi) is 6.31. The maximum absolute atomic E-state index is 13.2. The van der Waals surface area contributed by atoms with Crippen LogP contribution in [-0.2, 0) is 6.42 Å². The molecule has 1 aliphatic rings. The van der Waals surface area contributed by atoms with Crippen molar-refractivity contribution < 1.29 is 0 Å². The number of aryl methyl sites for hydroxylation is 3. The van der Waals surface area contributed by atoms with Gasteiger partial charge in [-0.05, 0) is 76.4 Å². The van der Waals surface area contributed by atoms with E-state index in [-0.39, 0.29) is 16.3 Å². The molecule has 8 heteroatoms. The highest BCUT2D eigenvalue weighted by atomic mass is 35.5. The van der Waals surface area contributed by atoms with Crippen LogP contribution in [0.4, 0.5) is 0 Å². The Morgan fingerprint density at radius 2 is 2.00 bits per heavy atom. The van der Waals surface area contributed by atoms with Crippen LogP contribution in [-0.4, -0.2) is 44.4 Å². The highest BCUT2D eigenvalue weighted by Crippen LogP contribution is 2.29. The highest BCUT2D eigenvalue weighted by Gasteiger charge is 2.21. The lowest BCUT2D eigenvalue weighted by molar-refractivity contribution is 0.255. The van der Waals surface area contributed by atoms with Crippen molar-refractivity contribution in [2.75, 3.05) is 20.1 Å². The quantitative estimate of drug-likeness (QED) is 0.650. The molecule has 0 spiro atoms. The van der Waals surface area contributed by atoms with Crippen LogP contribution >= 0.6 is 11.6 Å². The Hall–Kier alpha value is -2.77. The van der Waals surface area contributed by atoms with E-state index in [4.69, 9.17) is 17.3 Å². The van der Waals surface area contributed by atoms with Crippen molar-refractivity contribution in [1.29, 1.82) is 0 Å². The first-order valence-electron chi connectivity index (χ1n) is 11.0. The molecule has 4 heterocycles. The van der Waals surface area contributed by atoms with Crippen molar-refractivity contribution in [3.8, 4) is 0 Å². The summed E-state index contributed by atoms with van der Waals surface area (Å²) in [6.07, 6.45) is 8.14. The number of nitrogens with zero attached hydrogens (tertiary/aromatic N) is 5. The van der Waals surface area contributed by atoms with Crippen molar-refractivity contribution in [3.05, 3.63) is 67.7 Å². The number of pyridine rings is 1. The average molecular weight is 453 g/mol. The van der Waals surface area contributed by atoms with Gasteiger partial charge in [0.05, 0.1) is 22.8 Å². The minimum Gasteiger partial charge on any atom is -0.397 e. The molecule has 168 valence electrons. The summed E-state index contributed by atoms with van der Waals surface area (Å²) in [6, 6.07) is 2.13. The summed E-state index contributed by atoms with van der Waals surface area (Å²) in [4.78, 5) is 29.2. The second-order valence-electron chi connectivity index (χ2n) is 8.60. The van der Waals surface area contributed by atoms with E-state index in [0.29, 0.717) is 29.4 Å². The standard InChI is InChI=1S/C24H29ClN6O/c1-5-19-20(27-12-15(3)28-19)11-18(26)22-21(25)24(32)31-13-17(10-14(2)23(31)29-22)16-6-8-30(4)9-7-16/h10-13,16H,5-9,26H2,1-4H3. The van der Waals surface area contributed by atoms with Gasteiger partial charge >= 0.3 is 0 Å². The van der Waals surface area contributed by atoms with Gasteiger partial charge in [-0.1, -0.05) is 24.6 Å². The Labute approximate surface area is 193 Å². The third kappa shape index (κ3) is 4.27. The lowest BCUT2D eigenvalue weighted by atomic mass is 9.90. The van der Waals surface area contributed by atoms with Gasteiger partial charge in [0.1, 0.15) is 16.4 Å². The zero-order valence-electron chi connectivity index (χ0n) is 19.0. The van der Waals surface area contributed by atoms with E-state index in [1.54, 1.807) is 16.7 Å². The first-order valence-corrected chi connectivity index (χ1v) is 11.4. The van der Waals surface area contributed by atoms with Crippen molar-refractivity contribution in [2.24, 2.45) is 5.73 Å². The number of hydrogen-bond donors (Lipinski definition) is 1. The number of rotatable bonds is 4. The van der Waals surface area contributed by atoms with Crippen LogP contribution in [0, 0.1) is 13.8 Å². The molecule has 0 aliphatic carbocycles. The molecule has 0 aromatic carbocycles. The van der Waals surface area contributed by atoms with Crippen molar-refractivity contribution in [1.82, 2.24) is 24.3 Å². The third-order valence-electron chi connectivity index (χ3n) is 6.16. The molecule has 1 fully saturated rings. The van der Waals surface area contributed by atoms with Crippen LogP contribution < -0.4 is 11.3 Å².